The Balaban J connectivity index is 1.37. The first-order valence-electron chi connectivity index (χ1n) is 13.5. The molecule has 1 aromatic carbocycles. The number of hydrogen-bond donors (Lipinski definition) is 4. The number of carboxylic acids is 1. The third kappa shape index (κ3) is 7.30. The van der Waals surface area contributed by atoms with Crippen LogP contribution in [0, 0.1) is 5.92 Å². The number of aromatic nitrogens is 1. The third-order valence-electron chi connectivity index (χ3n) is 6.61. The van der Waals surface area contributed by atoms with E-state index in [-0.39, 0.29) is 23.7 Å². The number of hydrogen-bond acceptors (Lipinski definition) is 9. The molecule has 2 aliphatic heterocycles. The Hall–Kier alpha value is -5.02. The van der Waals surface area contributed by atoms with Crippen LogP contribution in [-0.4, -0.2) is 68.9 Å². The van der Waals surface area contributed by atoms with Crippen molar-refractivity contribution in [1.82, 2.24) is 20.5 Å². The van der Waals surface area contributed by atoms with E-state index >= 15 is 0 Å². The number of carbonyl (C=O) groups excluding carboxylic acids is 4. The van der Waals surface area contributed by atoms with E-state index in [2.05, 4.69) is 30.4 Å². The van der Waals surface area contributed by atoms with Crippen molar-refractivity contribution in [2.24, 2.45) is 5.92 Å². The second kappa shape index (κ2) is 11.9. The number of pyridine rings is 1. The van der Waals surface area contributed by atoms with E-state index in [0.717, 1.165) is 0 Å². The lowest BCUT2D eigenvalue weighted by Crippen LogP contribution is -2.68. The number of carboxylic acid groups (broad SMARTS) is 1. The number of rotatable bonds is 8. The number of likely N-dealkylation sites (tertiary alicyclic amines) is 1. The first kappa shape index (κ1) is 31.9. The van der Waals surface area contributed by atoms with Gasteiger partial charge in [-0.15, -0.1) is 8.78 Å². The standard InChI is InChI=1S/C28H31F2N5O9/c1-13(16-6-7-18-19(12-16)43-28(29,30)42-18)32-25(40)35-21(24(38)39)17(23(35)37)10-15-8-9-31-20(11-15)34-22(36)14(2)33-26(41)44-27(3,4)5/h6-9,11-14,17,21H,10H2,1-5H3,(H,32,40)(H,33,41)(H,38,39)(H,31,34,36)/t13?,14?,17-,21+/m1/s1. The minimum absolute atomic E-state index is 0.0807. The summed E-state index contributed by atoms with van der Waals surface area (Å²) in [6, 6.07) is 2.60. The number of fused-ring (bicyclic) bond motifs is 1. The number of β-lactam (4-membered cyclic amide) rings is 1. The van der Waals surface area contributed by atoms with Gasteiger partial charge in [0.25, 0.3) is 0 Å². The molecule has 0 aliphatic carbocycles. The lowest BCUT2D eigenvalue weighted by atomic mass is 9.82. The van der Waals surface area contributed by atoms with Crippen LogP contribution in [0.25, 0.3) is 0 Å². The average molecular weight is 620 g/mol. The summed E-state index contributed by atoms with van der Waals surface area (Å²) in [5, 5.41) is 17.2. The highest BCUT2D eigenvalue weighted by Gasteiger charge is 2.55. The van der Waals surface area contributed by atoms with Gasteiger partial charge < -0.3 is 35.3 Å². The van der Waals surface area contributed by atoms with E-state index in [1.807, 2.05) is 0 Å². The van der Waals surface area contributed by atoms with Crippen molar-refractivity contribution in [3.63, 3.8) is 0 Å². The molecule has 4 rings (SSSR count). The highest BCUT2D eigenvalue weighted by Crippen LogP contribution is 2.42. The van der Waals surface area contributed by atoms with Crippen LogP contribution >= 0.6 is 0 Å². The number of aliphatic carboxylic acids is 1. The number of benzene rings is 1. The van der Waals surface area contributed by atoms with E-state index in [9.17, 15) is 37.9 Å². The first-order valence-corrected chi connectivity index (χ1v) is 13.5. The number of alkyl halides is 2. The molecule has 1 fully saturated rings. The minimum Gasteiger partial charge on any atom is -0.480 e. The van der Waals surface area contributed by atoms with Gasteiger partial charge in [-0.2, -0.15) is 0 Å². The van der Waals surface area contributed by atoms with E-state index in [0.29, 0.717) is 16.0 Å². The zero-order valence-corrected chi connectivity index (χ0v) is 24.3. The molecule has 0 saturated carbocycles. The Kier molecular flexibility index (Phi) is 8.65. The second-order valence-electron chi connectivity index (χ2n) is 11.3. The fraction of sp³-hybridized carbons (Fsp3) is 0.429. The molecule has 2 aliphatic rings. The minimum atomic E-state index is -3.82. The van der Waals surface area contributed by atoms with E-state index in [4.69, 9.17) is 4.74 Å². The molecule has 0 radical (unpaired) electrons. The third-order valence-corrected chi connectivity index (χ3v) is 6.61. The van der Waals surface area contributed by atoms with Crippen molar-refractivity contribution < 1.29 is 52.1 Å². The summed E-state index contributed by atoms with van der Waals surface area (Å²) in [5.41, 5.74) is 0.0444. The molecule has 4 N–H and O–H groups in total. The molecule has 0 spiro atoms. The number of ether oxygens (including phenoxy) is 3. The van der Waals surface area contributed by atoms with Crippen LogP contribution in [0.1, 0.15) is 51.8 Å². The molecule has 0 bridgehead atoms. The summed E-state index contributed by atoms with van der Waals surface area (Å²) in [6.45, 7) is 7.99. The monoisotopic (exact) mass is 619 g/mol. The van der Waals surface area contributed by atoms with Gasteiger partial charge in [-0.1, -0.05) is 6.07 Å². The predicted octanol–water partition coefficient (Wildman–Crippen LogP) is 3.18. The van der Waals surface area contributed by atoms with Gasteiger partial charge >= 0.3 is 24.4 Å². The van der Waals surface area contributed by atoms with Crippen LogP contribution in [0.2, 0.25) is 0 Å². The number of imide groups is 1. The van der Waals surface area contributed by atoms with Crippen molar-refractivity contribution in [3.8, 4) is 11.5 Å². The maximum Gasteiger partial charge on any atom is 0.586 e. The Labute approximate surface area is 250 Å². The van der Waals surface area contributed by atoms with E-state index in [1.54, 1.807) is 20.8 Å². The van der Waals surface area contributed by atoms with Gasteiger partial charge in [0.1, 0.15) is 17.5 Å². The SMILES string of the molecule is CC(NC(=O)OC(C)(C)C)C(=O)Nc1cc(C[C@H]2C(=O)N(C(=O)NC(C)c3ccc4c(c3)OC(F)(F)O4)[C@@H]2C(=O)O)ccn1. The Morgan fingerprint density at radius 1 is 1.09 bits per heavy atom. The Bertz CT molecular complexity index is 1500. The molecular weight excluding hydrogens is 588 g/mol. The van der Waals surface area contributed by atoms with Crippen LogP contribution in [0.5, 0.6) is 11.5 Å². The van der Waals surface area contributed by atoms with Gasteiger partial charge in [0.15, 0.2) is 17.5 Å². The van der Waals surface area contributed by atoms with Gasteiger partial charge in [-0.3, -0.25) is 9.59 Å². The van der Waals surface area contributed by atoms with Crippen molar-refractivity contribution in [1.29, 1.82) is 0 Å². The number of alkyl carbamates (subject to hydrolysis) is 1. The largest absolute Gasteiger partial charge is 0.586 e. The van der Waals surface area contributed by atoms with Crippen molar-refractivity contribution in [2.75, 3.05) is 5.32 Å². The number of nitrogens with one attached hydrogen (secondary N) is 3. The zero-order valence-electron chi connectivity index (χ0n) is 24.3. The number of amides is 5. The average Bonchev–Trinajstić information content (AvgIpc) is 3.21. The number of nitrogens with zero attached hydrogens (tertiary/aromatic N) is 2. The molecule has 2 aromatic rings. The summed E-state index contributed by atoms with van der Waals surface area (Å²) >= 11 is 0. The predicted molar refractivity (Wildman–Crippen MR) is 147 cm³/mol. The summed E-state index contributed by atoms with van der Waals surface area (Å²) in [5.74, 6) is -4.18. The molecule has 44 heavy (non-hydrogen) atoms. The molecular formula is C28H31F2N5O9. The fourth-order valence-corrected chi connectivity index (χ4v) is 4.54. The molecule has 14 nitrogen and oxygen atoms in total. The van der Waals surface area contributed by atoms with Crippen LogP contribution in [0.4, 0.5) is 24.2 Å². The van der Waals surface area contributed by atoms with Gasteiger partial charge in [0.2, 0.25) is 11.8 Å². The fourth-order valence-electron chi connectivity index (χ4n) is 4.54. The number of halogens is 2. The number of carbonyl (C=O) groups is 5. The van der Waals surface area contributed by atoms with Crippen molar-refractivity contribution in [3.05, 3.63) is 47.7 Å². The summed E-state index contributed by atoms with van der Waals surface area (Å²) in [7, 11) is 0. The van der Waals surface area contributed by atoms with Gasteiger partial charge in [-0.05, 0) is 76.4 Å². The first-order chi connectivity index (χ1) is 20.4. The molecule has 16 heteroatoms. The molecule has 3 heterocycles. The van der Waals surface area contributed by atoms with Crippen LogP contribution < -0.4 is 25.4 Å². The maximum atomic E-state index is 13.3. The summed E-state index contributed by atoms with van der Waals surface area (Å²) in [4.78, 5) is 67.1. The normalized spacial score (nSPS) is 19.7. The van der Waals surface area contributed by atoms with E-state index in [1.165, 1.54) is 50.4 Å². The molecule has 2 unspecified atom stereocenters. The topological polar surface area (TPSA) is 185 Å². The molecule has 236 valence electrons. The zero-order chi connectivity index (χ0) is 32.6. The highest BCUT2D eigenvalue weighted by atomic mass is 19.3. The quantitative estimate of drug-likeness (QED) is 0.320. The number of anilines is 1. The van der Waals surface area contributed by atoms with Crippen LogP contribution in [0.15, 0.2) is 36.5 Å². The van der Waals surface area contributed by atoms with Gasteiger partial charge in [0, 0.05) is 6.20 Å². The summed E-state index contributed by atoms with van der Waals surface area (Å²) in [6.07, 6.45) is -3.33. The summed E-state index contributed by atoms with van der Waals surface area (Å²) < 4.78 is 40.6. The highest BCUT2D eigenvalue weighted by molar-refractivity contribution is 6.07. The molecule has 1 aromatic heterocycles. The van der Waals surface area contributed by atoms with Crippen molar-refractivity contribution in [2.45, 2.75) is 71.1 Å². The lowest BCUT2D eigenvalue weighted by Gasteiger charge is -2.43. The Morgan fingerprint density at radius 2 is 1.77 bits per heavy atom. The Morgan fingerprint density at radius 3 is 2.43 bits per heavy atom. The van der Waals surface area contributed by atoms with Gasteiger partial charge in [-0.25, -0.2) is 24.3 Å². The van der Waals surface area contributed by atoms with Crippen LogP contribution in [0.3, 0.4) is 0 Å². The molecule has 5 amide bonds. The number of urea groups is 1. The lowest BCUT2D eigenvalue weighted by molar-refractivity contribution is -0.286. The van der Waals surface area contributed by atoms with Crippen molar-refractivity contribution >= 4 is 35.7 Å². The maximum absolute atomic E-state index is 13.3. The smallest absolute Gasteiger partial charge is 0.480 e. The van der Waals surface area contributed by atoms with Gasteiger partial charge in [0.05, 0.1) is 12.0 Å². The van der Waals surface area contributed by atoms with Crippen LogP contribution in [-0.2, 0) is 25.5 Å². The van der Waals surface area contributed by atoms with E-state index < -0.39 is 65.8 Å². The molecule has 4 atom stereocenters. The second-order valence-corrected chi connectivity index (χ2v) is 11.3. The molecule has 1 saturated heterocycles.